The molecule has 9 heavy (non-hydrogen) atoms. The predicted octanol–water partition coefficient (Wildman–Crippen LogP) is 0.432. The van der Waals surface area contributed by atoms with Crippen LogP contribution in [0.4, 0.5) is 0 Å². The van der Waals surface area contributed by atoms with Crippen molar-refractivity contribution in [2.45, 2.75) is 0 Å². The average molecular weight is 201 g/mol. The van der Waals surface area contributed by atoms with Gasteiger partial charge in [-0.15, -0.1) is 0 Å². The molecule has 0 atom stereocenters. The monoisotopic (exact) mass is 201 g/mol. The molecule has 2 rings (SSSR count). The third kappa shape index (κ3) is 1.75. The van der Waals surface area contributed by atoms with Crippen LogP contribution >= 0.6 is 34.5 Å². The lowest BCUT2D eigenvalue weighted by molar-refractivity contribution is 1.25. The van der Waals surface area contributed by atoms with E-state index < -0.39 is 0 Å². The molecule has 0 aromatic carbocycles. The normalized spacial score (nSPS) is 48.0. The SMILES string of the molecule is N1PNP2NPNP1N2. The molecule has 2 heterocycles. The fourth-order valence-corrected chi connectivity index (χ4v) is 8.47. The first-order valence-corrected chi connectivity index (χ1v) is 7.02. The van der Waals surface area contributed by atoms with Crippen LogP contribution in [0, 0.1) is 0 Å². The van der Waals surface area contributed by atoms with Crippen LogP contribution in [0.2, 0.25) is 0 Å². The second-order valence-corrected chi connectivity index (χ2v) is 7.69. The zero-order chi connectivity index (χ0) is 6.10. The Bertz CT molecular complexity index is 85.1. The molecule has 9 heteroatoms. The van der Waals surface area contributed by atoms with Crippen LogP contribution in [-0.2, 0) is 0 Å². The summed E-state index contributed by atoms with van der Waals surface area (Å²) in [6, 6.07) is 0. The van der Waals surface area contributed by atoms with Crippen LogP contribution in [-0.4, -0.2) is 0 Å². The van der Waals surface area contributed by atoms with Crippen LogP contribution in [0.25, 0.3) is 0 Å². The summed E-state index contributed by atoms with van der Waals surface area (Å²) in [5.74, 6) is 0. The molecule has 5 nitrogen and oxygen atoms in total. The topological polar surface area (TPSA) is 60.1 Å². The first kappa shape index (κ1) is 7.18. The quantitative estimate of drug-likeness (QED) is 0.368. The number of hydrogen-bond donors (Lipinski definition) is 5. The third-order valence-electron chi connectivity index (χ3n) is 0.871. The van der Waals surface area contributed by atoms with Crippen LogP contribution < -0.4 is 24.3 Å². The van der Waals surface area contributed by atoms with E-state index in [9.17, 15) is 0 Å². The molecule has 0 saturated carbocycles. The van der Waals surface area contributed by atoms with E-state index in [1.165, 1.54) is 0 Å². The van der Waals surface area contributed by atoms with Crippen LogP contribution in [0.15, 0.2) is 0 Å². The van der Waals surface area contributed by atoms with Gasteiger partial charge in [0.05, 0.1) is 0 Å². The van der Waals surface area contributed by atoms with Gasteiger partial charge in [0.2, 0.25) is 0 Å². The highest BCUT2D eigenvalue weighted by Gasteiger charge is 2.23. The van der Waals surface area contributed by atoms with Gasteiger partial charge in [0.1, 0.15) is 16.7 Å². The molecule has 2 aliphatic rings. The van der Waals surface area contributed by atoms with Gasteiger partial charge >= 0.3 is 0 Å². The van der Waals surface area contributed by atoms with E-state index in [4.69, 9.17) is 0 Å². The molecule has 0 aromatic rings. The molecule has 52 valence electrons. The second kappa shape index (κ2) is 3.28. The van der Waals surface area contributed by atoms with Crippen molar-refractivity contribution in [2.24, 2.45) is 0 Å². The standard InChI is InChI=1S/H7N5P4/c1-6-2-9-4-7-3-8(1)5-9/h1-7H. The van der Waals surface area contributed by atoms with Crippen molar-refractivity contribution >= 4 is 34.5 Å². The highest BCUT2D eigenvalue weighted by Crippen LogP contribution is 2.50. The highest BCUT2D eigenvalue weighted by molar-refractivity contribution is 7.85. The Kier molecular flexibility index (Phi) is 2.62. The van der Waals surface area contributed by atoms with Crippen molar-refractivity contribution in [3.8, 4) is 0 Å². The van der Waals surface area contributed by atoms with Gasteiger partial charge in [-0.2, -0.15) is 0 Å². The van der Waals surface area contributed by atoms with Gasteiger partial charge in [-0.1, -0.05) is 0 Å². The van der Waals surface area contributed by atoms with E-state index in [0.29, 0.717) is 17.8 Å². The van der Waals surface area contributed by atoms with Crippen molar-refractivity contribution in [1.29, 1.82) is 0 Å². The molecule has 2 fully saturated rings. The number of rotatable bonds is 0. The zero-order valence-corrected chi connectivity index (χ0v) is 8.18. The van der Waals surface area contributed by atoms with E-state index in [2.05, 4.69) is 24.3 Å². The minimum atomic E-state index is -0.244. The van der Waals surface area contributed by atoms with Gasteiger partial charge in [-0.3, -0.25) is 0 Å². The van der Waals surface area contributed by atoms with E-state index in [1.54, 1.807) is 0 Å². The summed E-state index contributed by atoms with van der Waals surface area (Å²) in [4.78, 5) is 16.5. The Hall–Kier alpha value is 1.52. The number of hydrogen-bond acceptors (Lipinski definition) is 5. The lowest BCUT2D eigenvalue weighted by atomic mass is 13.7. The van der Waals surface area contributed by atoms with E-state index in [1.807, 2.05) is 0 Å². The highest BCUT2D eigenvalue weighted by atomic mass is 31.3. The largest absolute Gasteiger partial charge is 0.238 e. The summed E-state index contributed by atoms with van der Waals surface area (Å²) in [5.41, 5.74) is 0. The Labute approximate surface area is 59.5 Å². The van der Waals surface area contributed by atoms with Crippen LogP contribution in [0.5, 0.6) is 0 Å². The maximum Gasteiger partial charge on any atom is 0.126 e. The fourth-order valence-electron chi connectivity index (χ4n) is 0.530. The third-order valence-corrected chi connectivity index (χ3v) is 7.84. The molecule has 0 unspecified atom stereocenters. The average Bonchev–Trinajstić information content (AvgIpc) is 1.88. The minimum absolute atomic E-state index is 0.244. The molecular formula is H7N5P4. The molecule has 0 amide bonds. The van der Waals surface area contributed by atoms with Gasteiger partial charge in [-0.25, -0.2) is 24.3 Å². The van der Waals surface area contributed by atoms with Gasteiger partial charge in [0, 0.05) is 17.8 Å². The molecule has 2 aliphatic heterocycles. The van der Waals surface area contributed by atoms with Crippen molar-refractivity contribution in [3.63, 3.8) is 0 Å². The Morgan fingerprint density at radius 3 is 1.56 bits per heavy atom. The van der Waals surface area contributed by atoms with E-state index >= 15 is 0 Å². The molecule has 2 saturated heterocycles. The lowest BCUT2D eigenvalue weighted by Gasteiger charge is -2.36. The molecule has 5 N–H and O–H groups in total. The first-order chi connectivity index (χ1) is 4.45. The van der Waals surface area contributed by atoms with Crippen molar-refractivity contribution in [2.75, 3.05) is 0 Å². The predicted molar refractivity (Wildman–Crippen MR) is 46.1 cm³/mol. The smallest absolute Gasteiger partial charge is 0.126 e. The van der Waals surface area contributed by atoms with Crippen LogP contribution in [0.3, 0.4) is 0 Å². The molecule has 2 bridgehead atoms. The fraction of sp³-hybridized carbons (Fsp3) is 0. The number of fused-ring (bicyclic) bond motifs is 2. The Morgan fingerprint density at radius 1 is 0.778 bits per heavy atom. The molecule has 0 aliphatic carbocycles. The van der Waals surface area contributed by atoms with Crippen molar-refractivity contribution in [1.82, 2.24) is 24.3 Å². The number of nitrogens with one attached hydrogen (secondary N) is 5. The summed E-state index contributed by atoms with van der Waals surface area (Å²) in [7, 11) is 0.903. The van der Waals surface area contributed by atoms with Gasteiger partial charge in [-0.05, 0) is 0 Å². The van der Waals surface area contributed by atoms with Gasteiger partial charge in [0.25, 0.3) is 0 Å². The summed E-state index contributed by atoms with van der Waals surface area (Å²) in [6.07, 6.45) is 0. The lowest BCUT2D eigenvalue weighted by Crippen LogP contribution is -2.34. The second-order valence-electron chi connectivity index (χ2n) is 1.47. The Morgan fingerprint density at radius 2 is 1.22 bits per heavy atom. The summed E-state index contributed by atoms with van der Waals surface area (Å²) < 4.78 is 0. The zero-order valence-electron chi connectivity index (χ0n) is 4.39. The van der Waals surface area contributed by atoms with E-state index in [-0.39, 0.29) is 16.7 Å². The summed E-state index contributed by atoms with van der Waals surface area (Å²) >= 11 is 0. The molecule has 0 radical (unpaired) electrons. The van der Waals surface area contributed by atoms with Gasteiger partial charge < -0.3 is 0 Å². The minimum Gasteiger partial charge on any atom is -0.238 e. The summed E-state index contributed by atoms with van der Waals surface area (Å²) in [5, 5.41) is 0. The molecule has 0 spiro atoms. The molecule has 0 aromatic heterocycles. The Balaban J connectivity index is 1.96. The molecular weight excluding hydrogens is 194 g/mol. The summed E-state index contributed by atoms with van der Waals surface area (Å²) in [6.45, 7) is 0. The van der Waals surface area contributed by atoms with E-state index in [0.717, 1.165) is 0 Å². The van der Waals surface area contributed by atoms with Crippen LogP contribution in [0.1, 0.15) is 0 Å². The maximum atomic E-state index is 3.35. The van der Waals surface area contributed by atoms with Crippen molar-refractivity contribution < 1.29 is 0 Å². The van der Waals surface area contributed by atoms with Crippen molar-refractivity contribution in [3.05, 3.63) is 0 Å². The maximum absolute atomic E-state index is 3.35. The first-order valence-electron chi connectivity index (χ1n) is 2.34. The van der Waals surface area contributed by atoms with Gasteiger partial charge in [0.15, 0.2) is 0 Å².